The second-order valence-electron chi connectivity index (χ2n) is 8.20. The van der Waals surface area contributed by atoms with Crippen LogP contribution in [0.1, 0.15) is 56.4 Å². The second-order valence-corrected chi connectivity index (χ2v) is 8.20. The lowest BCUT2D eigenvalue weighted by atomic mass is 9.91. The number of aromatic nitrogens is 2. The molecule has 1 aliphatic heterocycles. The Hall–Kier alpha value is -3.52. The van der Waals surface area contributed by atoms with E-state index in [1.165, 1.54) is 13.8 Å². The summed E-state index contributed by atoms with van der Waals surface area (Å²) in [5.74, 6) is -0.814. The lowest BCUT2D eigenvalue weighted by molar-refractivity contribution is 0.0918. The Labute approximate surface area is 211 Å². The molecule has 11 heteroatoms. The van der Waals surface area contributed by atoms with E-state index < -0.39 is 5.83 Å². The summed E-state index contributed by atoms with van der Waals surface area (Å²) in [7, 11) is 1.81. The number of nitrogens with zero attached hydrogens (tertiary/aromatic N) is 3. The van der Waals surface area contributed by atoms with E-state index >= 15 is 0 Å². The Morgan fingerprint density at radius 3 is 2.61 bits per heavy atom. The third-order valence-corrected chi connectivity index (χ3v) is 5.38. The molecule has 3 rings (SSSR count). The predicted molar refractivity (Wildman–Crippen MR) is 137 cm³/mol. The van der Waals surface area contributed by atoms with Gasteiger partial charge in [0, 0.05) is 50.1 Å². The number of halogens is 3. The topological polar surface area (TPSA) is 109 Å². The summed E-state index contributed by atoms with van der Waals surface area (Å²) in [6.45, 7) is 2.59. The summed E-state index contributed by atoms with van der Waals surface area (Å²) >= 11 is 0. The molecule has 8 nitrogen and oxygen atoms in total. The molecule has 2 atom stereocenters. The molecule has 0 spiro atoms. The van der Waals surface area contributed by atoms with Gasteiger partial charge in [-0.3, -0.25) is 9.18 Å². The van der Waals surface area contributed by atoms with Crippen LogP contribution in [0.25, 0.3) is 0 Å². The highest BCUT2D eigenvalue weighted by atomic mass is 19.1. The fourth-order valence-electron chi connectivity index (χ4n) is 3.66. The van der Waals surface area contributed by atoms with E-state index in [-0.39, 0.29) is 42.9 Å². The number of aryl methyl sites for hydroxylation is 1. The monoisotopic (exact) mass is 507 g/mol. The van der Waals surface area contributed by atoms with Gasteiger partial charge in [-0.1, -0.05) is 0 Å². The Bertz CT molecular complexity index is 991. The van der Waals surface area contributed by atoms with Gasteiger partial charge in [-0.15, -0.1) is 12.8 Å². The van der Waals surface area contributed by atoms with Crippen LogP contribution in [-0.2, 0) is 7.05 Å². The highest BCUT2D eigenvalue weighted by molar-refractivity contribution is 5.98. The highest BCUT2D eigenvalue weighted by Gasteiger charge is 2.24. The maximum absolute atomic E-state index is 14.2. The molecule has 36 heavy (non-hydrogen) atoms. The molecule has 1 aromatic heterocycles. The van der Waals surface area contributed by atoms with Crippen LogP contribution < -0.4 is 21.7 Å². The zero-order valence-electron chi connectivity index (χ0n) is 21.0. The van der Waals surface area contributed by atoms with Gasteiger partial charge in [0.25, 0.3) is 5.91 Å². The smallest absolute Gasteiger partial charge is 0.271 e. The number of rotatable bonds is 7. The zero-order valence-corrected chi connectivity index (χ0v) is 21.0. The third-order valence-electron chi connectivity index (χ3n) is 5.38. The minimum atomic E-state index is -0.452. The molecule has 1 amide bonds. The van der Waals surface area contributed by atoms with Crippen LogP contribution in [-0.4, -0.2) is 46.6 Å². The summed E-state index contributed by atoms with van der Waals surface area (Å²) in [6.07, 6.45) is 17.7. The van der Waals surface area contributed by atoms with Gasteiger partial charge in [0.2, 0.25) is 0 Å². The number of imidazole rings is 1. The van der Waals surface area contributed by atoms with Gasteiger partial charge in [0.05, 0.1) is 24.9 Å². The van der Waals surface area contributed by atoms with Crippen molar-refractivity contribution in [2.75, 3.05) is 13.2 Å². The van der Waals surface area contributed by atoms with Crippen molar-refractivity contribution in [1.29, 1.82) is 0 Å². The fourth-order valence-corrected chi connectivity index (χ4v) is 3.66. The number of hydrogen-bond acceptors (Lipinski definition) is 5. The quantitative estimate of drug-likeness (QED) is 0.257. The first kappa shape index (κ1) is 30.5. The van der Waals surface area contributed by atoms with Gasteiger partial charge in [0.1, 0.15) is 23.2 Å². The number of aliphatic imine (C=N–C) groups is 1. The van der Waals surface area contributed by atoms with Crippen LogP contribution in [0.15, 0.2) is 52.8 Å². The number of nitrogens with two attached hydrogens (primary N) is 1. The normalized spacial score (nSPS) is 21.2. The van der Waals surface area contributed by atoms with Crippen LogP contribution in [0.4, 0.5) is 13.2 Å². The molecule has 1 aromatic rings. The maximum atomic E-state index is 14.2. The number of carbonyl (C=O) groups is 1. The second kappa shape index (κ2) is 16.2. The highest BCUT2D eigenvalue weighted by Crippen LogP contribution is 2.20. The van der Waals surface area contributed by atoms with E-state index in [1.54, 1.807) is 23.3 Å². The first-order valence-electron chi connectivity index (χ1n) is 11.6. The number of amidine groups is 1. The van der Waals surface area contributed by atoms with Crippen molar-refractivity contribution in [3.05, 3.63) is 53.5 Å². The van der Waals surface area contributed by atoms with Crippen molar-refractivity contribution in [3.63, 3.8) is 0 Å². The van der Waals surface area contributed by atoms with Gasteiger partial charge in [-0.25, -0.2) is 18.8 Å². The van der Waals surface area contributed by atoms with Crippen LogP contribution in [0, 0.1) is 12.8 Å². The van der Waals surface area contributed by atoms with Crippen molar-refractivity contribution < 1.29 is 18.0 Å². The summed E-state index contributed by atoms with van der Waals surface area (Å²) in [5.41, 5.74) is 7.29. The van der Waals surface area contributed by atoms with Gasteiger partial charge >= 0.3 is 0 Å². The predicted octanol–water partition coefficient (Wildman–Crippen LogP) is 3.52. The zero-order chi connectivity index (χ0) is 27.1. The molecule has 1 saturated carbocycles. The standard InChI is InChI=1S/C21H29F2N7O.C2H5F.C2H2/c1-13(22)18-6-14(8-26-18)20(24)27-10-15(23)9-25-16-4-3-5-17(7-16)29-21(31)19-11-30(2)12-28-19;1-2-3;1-2/h8,10-12,16-17,25-26H,3-7,9H2,1-2H3,(H2,24,27)(H,29,31);2H2,1H3;1-2H/b15-10+,18-13-;;/t16?,17-;;/m1../s1. The minimum absolute atomic E-state index is 0.0180. The largest absolute Gasteiger partial charge is 0.383 e. The average Bonchev–Trinajstić information content (AvgIpc) is 3.53. The van der Waals surface area contributed by atoms with E-state index in [9.17, 15) is 18.0 Å². The van der Waals surface area contributed by atoms with Crippen LogP contribution in [0.2, 0.25) is 0 Å². The van der Waals surface area contributed by atoms with Crippen molar-refractivity contribution in [2.45, 2.75) is 58.0 Å². The Morgan fingerprint density at radius 2 is 2.03 bits per heavy atom. The van der Waals surface area contributed by atoms with Crippen LogP contribution in [0.5, 0.6) is 0 Å². The molecule has 2 heterocycles. The number of carbonyl (C=O) groups excluding carboxylic acids is 1. The number of allylic oxidation sites excluding steroid dienone is 2. The number of nitrogens with one attached hydrogen (secondary N) is 3. The Morgan fingerprint density at radius 1 is 1.36 bits per heavy atom. The lowest BCUT2D eigenvalue weighted by Gasteiger charge is -2.30. The van der Waals surface area contributed by atoms with Crippen molar-refractivity contribution in [1.82, 2.24) is 25.5 Å². The third kappa shape index (κ3) is 10.4. The first-order valence-corrected chi connectivity index (χ1v) is 11.6. The minimum Gasteiger partial charge on any atom is -0.383 e. The van der Waals surface area contributed by atoms with Crippen LogP contribution >= 0.6 is 0 Å². The molecule has 0 aromatic carbocycles. The molecule has 1 fully saturated rings. The average molecular weight is 508 g/mol. The van der Waals surface area contributed by atoms with E-state index in [0.717, 1.165) is 25.5 Å². The fraction of sp³-hybridized carbons (Fsp3) is 0.480. The number of hydrogen-bond donors (Lipinski definition) is 4. The molecular weight excluding hydrogens is 471 g/mol. The number of alkyl halides is 1. The number of terminal acetylenes is 1. The summed E-state index contributed by atoms with van der Waals surface area (Å²) < 4.78 is 39.4. The molecule has 5 N–H and O–H groups in total. The molecule has 1 unspecified atom stereocenters. The molecular formula is C25H36F3N7O. The molecule has 0 saturated heterocycles. The Kier molecular flexibility index (Phi) is 13.7. The van der Waals surface area contributed by atoms with Gasteiger partial charge in [0.15, 0.2) is 0 Å². The number of amides is 1. The van der Waals surface area contributed by atoms with E-state index in [0.29, 0.717) is 29.8 Å². The van der Waals surface area contributed by atoms with Gasteiger partial charge < -0.3 is 26.3 Å². The van der Waals surface area contributed by atoms with Gasteiger partial charge in [-0.2, -0.15) is 0 Å². The summed E-state index contributed by atoms with van der Waals surface area (Å²) in [6, 6.07) is 0.106. The molecule has 0 bridgehead atoms. The summed E-state index contributed by atoms with van der Waals surface area (Å²) in [4.78, 5) is 20.3. The Balaban J connectivity index is 0.00000120. The summed E-state index contributed by atoms with van der Waals surface area (Å²) in [5, 5.41) is 8.97. The van der Waals surface area contributed by atoms with Crippen LogP contribution in [0.3, 0.4) is 0 Å². The SMILES string of the molecule is C#C.C/C(F)=C1\CC(C(N)=N/C=C(/F)CNC2CCC[C@@H](NC(=O)c3cn(C)cn3)C2)=CN1.CCF. The van der Waals surface area contributed by atoms with E-state index in [1.807, 2.05) is 7.05 Å². The van der Waals surface area contributed by atoms with Crippen molar-refractivity contribution in [3.8, 4) is 12.8 Å². The molecule has 198 valence electrons. The van der Waals surface area contributed by atoms with E-state index in [4.69, 9.17) is 5.73 Å². The molecule has 2 aliphatic rings. The van der Waals surface area contributed by atoms with E-state index in [2.05, 4.69) is 38.8 Å². The molecule has 1 aliphatic carbocycles. The molecule has 0 radical (unpaired) electrons. The maximum Gasteiger partial charge on any atom is 0.271 e. The van der Waals surface area contributed by atoms with Crippen molar-refractivity contribution in [2.24, 2.45) is 17.8 Å². The van der Waals surface area contributed by atoms with Gasteiger partial charge in [-0.05, 0) is 39.5 Å². The lowest BCUT2D eigenvalue weighted by Crippen LogP contribution is -2.44. The van der Waals surface area contributed by atoms with Crippen molar-refractivity contribution >= 4 is 11.7 Å². The first-order chi connectivity index (χ1) is 17.2.